The third-order valence-electron chi connectivity index (χ3n) is 0.936. The molecule has 0 fully saturated rings. The second-order valence-corrected chi connectivity index (χ2v) is 3.39. The van der Waals surface area contributed by atoms with Gasteiger partial charge in [0.05, 0.1) is 10.4 Å². The number of rotatable bonds is 1. The van der Waals surface area contributed by atoms with Crippen molar-refractivity contribution >= 4 is 22.6 Å². The molecule has 8 heavy (non-hydrogen) atoms. The number of halogens is 1. The molecule has 0 spiro atoms. The summed E-state index contributed by atoms with van der Waals surface area (Å²) in [6.45, 7) is 2.11. The predicted octanol–water partition coefficient (Wildman–Crippen LogP) is 1.84. The Hall–Kier alpha value is -0.0600. The first-order valence-electron chi connectivity index (χ1n) is 2.42. The lowest BCUT2D eigenvalue weighted by molar-refractivity contribution is 0.768. The highest BCUT2D eigenvalue weighted by molar-refractivity contribution is 14.1. The summed E-state index contributed by atoms with van der Waals surface area (Å²) in [5.41, 5.74) is 0. The molecule has 0 bridgehead atoms. The van der Waals surface area contributed by atoms with E-state index in [-0.39, 0.29) is 0 Å². The summed E-state index contributed by atoms with van der Waals surface area (Å²) < 4.78 is 2.55. The molecule has 0 amide bonds. The third-order valence-corrected chi connectivity index (χ3v) is 1.58. The molecule has 0 aromatic carbocycles. The van der Waals surface area contributed by atoms with Crippen LogP contribution in [0.1, 0.15) is 11.0 Å². The van der Waals surface area contributed by atoms with Gasteiger partial charge in [-0.1, -0.05) is 22.6 Å². The minimum absolute atomic E-state index is 0.509. The van der Waals surface area contributed by atoms with Crippen LogP contribution < -0.4 is 0 Å². The molecule has 1 atom stereocenters. The summed E-state index contributed by atoms with van der Waals surface area (Å²) in [6, 6.07) is 0. The first-order valence-corrected chi connectivity index (χ1v) is 3.67. The standard InChI is InChI=1S/C5H7IN2/c1-5(6)8-3-2-7-4-8/h2-5H,1H3/t5-/m0/s1. The minimum atomic E-state index is 0.509. The number of hydrogen-bond acceptors (Lipinski definition) is 1. The van der Waals surface area contributed by atoms with E-state index in [1.165, 1.54) is 0 Å². The normalized spacial score (nSPS) is 13.8. The number of nitrogens with zero attached hydrogens (tertiary/aromatic N) is 2. The Morgan fingerprint density at radius 1 is 1.75 bits per heavy atom. The first kappa shape index (κ1) is 6.07. The molecular weight excluding hydrogens is 215 g/mol. The van der Waals surface area contributed by atoms with Crippen LogP contribution in [-0.2, 0) is 0 Å². The van der Waals surface area contributed by atoms with Gasteiger partial charge in [0.15, 0.2) is 0 Å². The van der Waals surface area contributed by atoms with Crippen molar-refractivity contribution in [3.63, 3.8) is 0 Å². The molecule has 0 aliphatic rings. The van der Waals surface area contributed by atoms with Gasteiger partial charge in [0.1, 0.15) is 0 Å². The quantitative estimate of drug-likeness (QED) is 0.523. The zero-order chi connectivity index (χ0) is 5.98. The van der Waals surface area contributed by atoms with Gasteiger partial charge >= 0.3 is 0 Å². The van der Waals surface area contributed by atoms with E-state index in [0.717, 1.165) is 0 Å². The Morgan fingerprint density at radius 3 is 2.75 bits per heavy atom. The van der Waals surface area contributed by atoms with E-state index < -0.39 is 0 Å². The first-order chi connectivity index (χ1) is 3.80. The Labute approximate surface area is 62.1 Å². The lowest BCUT2D eigenvalue weighted by Crippen LogP contribution is -1.91. The second kappa shape index (κ2) is 2.48. The molecule has 1 aromatic heterocycles. The Balaban J connectivity index is 2.77. The molecule has 1 aromatic rings. The van der Waals surface area contributed by atoms with E-state index in [1.54, 1.807) is 6.20 Å². The van der Waals surface area contributed by atoms with Crippen LogP contribution in [0.5, 0.6) is 0 Å². The number of imidazole rings is 1. The van der Waals surface area contributed by atoms with E-state index in [1.807, 2.05) is 17.1 Å². The lowest BCUT2D eigenvalue weighted by atomic mass is 10.7. The van der Waals surface area contributed by atoms with Gasteiger partial charge in [0.25, 0.3) is 0 Å². The van der Waals surface area contributed by atoms with Crippen molar-refractivity contribution < 1.29 is 0 Å². The molecule has 0 radical (unpaired) electrons. The van der Waals surface area contributed by atoms with Crippen LogP contribution in [0.25, 0.3) is 0 Å². The molecule has 1 heterocycles. The zero-order valence-electron chi connectivity index (χ0n) is 4.58. The molecule has 3 heteroatoms. The lowest BCUT2D eigenvalue weighted by Gasteiger charge is -2.00. The van der Waals surface area contributed by atoms with Crippen molar-refractivity contribution in [2.45, 2.75) is 11.0 Å². The van der Waals surface area contributed by atoms with E-state index in [9.17, 15) is 0 Å². The number of aromatic nitrogens is 2. The SMILES string of the molecule is C[C@@H](I)n1ccnc1. The van der Waals surface area contributed by atoms with Crippen LogP contribution in [0, 0.1) is 0 Å². The van der Waals surface area contributed by atoms with Gasteiger partial charge in [0.2, 0.25) is 0 Å². The average Bonchev–Trinajstić information content (AvgIpc) is 2.12. The van der Waals surface area contributed by atoms with Gasteiger partial charge in [-0.2, -0.15) is 0 Å². The summed E-state index contributed by atoms with van der Waals surface area (Å²) in [6.07, 6.45) is 5.56. The molecule has 2 nitrogen and oxygen atoms in total. The molecule has 0 aliphatic heterocycles. The van der Waals surface area contributed by atoms with Crippen LogP contribution in [0.3, 0.4) is 0 Å². The van der Waals surface area contributed by atoms with E-state index >= 15 is 0 Å². The highest BCUT2D eigenvalue weighted by Crippen LogP contribution is 2.11. The van der Waals surface area contributed by atoms with Crippen LogP contribution >= 0.6 is 22.6 Å². The molecule has 0 saturated heterocycles. The summed E-state index contributed by atoms with van der Waals surface area (Å²) in [5.74, 6) is 0. The smallest absolute Gasteiger partial charge is 0.0955 e. The summed E-state index contributed by atoms with van der Waals surface area (Å²) >= 11 is 2.33. The van der Waals surface area contributed by atoms with Gasteiger partial charge in [0, 0.05) is 12.4 Å². The molecule has 0 saturated carbocycles. The van der Waals surface area contributed by atoms with Crippen molar-refractivity contribution in [2.75, 3.05) is 0 Å². The van der Waals surface area contributed by atoms with Gasteiger partial charge < -0.3 is 4.57 Å². The fourth-order valence-electron chi connectivity index (χ4n) is 0.480. The van der Waals surface area contributed by atoms with Gasteiger partial charge in [-0.15, -0.1) is 0 Å². The Kier molecular flexibility index (Phi) is 1.88. The largest absolute Gasteiger partial charge is 0.325 e. The number of hydrogen-bond donors (Lipinski definition) is 0. The van der Waals surface area contributed by atoms with E-state index in [0.29, 0.717) is 4.05 Å². The molecule has 0 N–H and O–H groups in total. The number of alkyl halides is 1. The fraction of sp³-hybridized carbons (Fsp3) is 0.400. The summed E-state index contributed by atoms with van der Waals surface area (Å²) in [4.78, 5) is 3.90. The highest BCUT2D eigenvalue weighted by Gasteiger charge is 1.92. The molecule has 1 rings (SSSR count). The molecule has 0 unspecified atom stereocenters. The van der Waals surface area contributed by atoms with E-state index in [4.69, 9.17) is 0 Å². The molecular formula is C5H7IN2. The maximum absolute atomic E-state index is 3.90. The second-order valence-electron chi connectivity index (χ2n) is 1.58. The maximum Gasteiger partial charge on any atom is 0.0955 e. The van der Waals surface area contributed by atoms with E-state index in [2.05, 4.69) is 34.5 Å². The van der Waals surface area contributed by atoms with Gasteiger partial charge in [-0.3, -0.25) is 0 Å². The topological polar surface area (TPSA) is 17.8 Å². The van der Waals surface area contributed by atoms with Gasteiger partial charge in [-0.25, -0.2) is 4.98 Å². The summed E-state index contributed by atoms with van der Waals surface area (Å²) in [7, 11) is 0. The van der Waals surface area contributed by atoms with Crippen molar-refractivity contribution in [3.8, 4) is 0 Å². The molecule has 0 aliphatic carbocycles. The summed E-state index contributed by atoms with van der Waals surface area (Å²) in [5, 5.41) is 0. The van der Waals surface area contributed by atoms with Crippen LogP contribution in [0.2, 0.25) is 0 Å². The van der Waals surface area contributed by atoms with Crippen LogP contribution in [-0.4, -0.2) is 9.55 Å². The van der Waals surface area contributed by atoms with Crippen molar-refractivity contribution in [1.29, 1.82) is 0 Å². The fourth-order valence-corrected chi connectivity index (χ4v) is 0.809. The van der Waals surface area contributed by atoms with Crippen molar-refractivity contribution in [1.82, 2.24) is 9.55 Å². The minimum Gasteiger partial charge on any atom is -0.325 e. The predicted molar refractivity (Wildman–Crippen MR) is 41.0 cm³/mol. The monoisotopic (exact) mass is 222 g/mol. The Bertz CT molecular complexity index is 145. The van der Waals surface area contributed by atoms with Crippen LogP contribution in [0.15, 0.2) is 18.7 Å². The van der Waals surface area contributed by atoms with Crippen LogP contribution in [0.4, 0.5) is 0 Å². The molecule has 44 valence electrons. The average molecular weight is 222 g/mol. The highest BCUT2D eigenvalue weighted by atomic mass is 127. The third kappa shape index (κ3) is 1.21. The van der Waals surface area contributed by atoms with Crippen molar-refractivity contribution in [3.05, 3.63) is 18.7 Å². The van der Waals surface area contributed by atoms with Crippen molar-refractivity contribution in [2.24, 2.45) is 0 Å². The van der Waals surface area contributed by atoms with Gasteiger partial charge in [-0.05, 0) is 6.92 Å². The maximum atomic E-state index is 3.90. The Morgan fingerprint density at radius 2 is 2.50 bits per heavy atom. The zero-order valence-corrected chi connectivity index (χ0v) is 6.74.